The second-order valence-corrected chi connectivity index (χ2v) is 5.41. The molecule has 1 saturated carbocycles. The highest BCUT2D eigenvalue weighted by molar-refractivity contribution is 6.28. The summed E-state index contributed by atoms with van der Waals surface area (Å²) in [5, 5.41) is 3.54. The van der Waals surface area contributed by atoms with Crippen LogP contribution >= 0.6 is 11.6 Å². The Bertz CT molecular complexity index is 442. The van der Waals surface area contributed by atoms with Crippen LogP contribution in [0, 0.1) is 0 Å². The first-order valence-electron chi connectivity index (χ1n) is 6.90. The molecule has 0 amide bonds. The quantitative estimate of drug-likeness (QED) is 0.897. The normalized spacial score (nSPS) is 20.6. The Hall–Kier alpha value is -1.14. The van der Waals surface area contributed by atoms with Crippen molar-refractivity contribution in [3.05, 3.63) is 5.28 Å². The molecule has 1 N–H and O–H groups in total. The first kappa shape index (κ1) is 12.9. The van der Waals surface area contributed by atoms with E-state index in [1.807, 2.05) is 0 Å². The van der Waals surface area contributed by atoms with E-state index in [-0.39, 0.29) is 5.28 Å². The van der Waals surface area contributed by atoms with Crippen molar-refractivity contribution in [2.24, 2.45) is 0 Å². The zero-order valence-electron chi connectivity index (χ0n) is 11.1. The lowest BCUT2D eigenvalue weighted by Crippen LogP contribution is -2.46. The van der Waals surface area contributed by atoms with Gasteiger partial charge in [0.1, 0.15) is 0 Å². The van der Waals surface area contributed by atoms with Crippen LogP contribution in [0.4, 0.5) is 11.9 Å². The monoisotopic (exact) mass is 282 g/mol. The van der Waals surface area contributed by atoms with Gasteiger partial charge in [-0.05, 0) is 31.0 Å². The van der Waals surface area contributed by atoms with Crippen LogP contribution in [-0.4, -0.2) is 58.6 Å². The highest BCUT2D eigenvalue weighted by Crippen LogP contribution is 2.24. The fourth-order valence-corrected chi connectivity index (χ4v) is 2.38. The molecule has 0 radical (unpaired) electrons. The molecule has 104 valence electrons. The van der Waals surface area contributed by atoms with Gasteiger partial charge in [0, 0.05) is 32.2 Å². The van der Waals surface area contributed by atoms with Gasteiger partial charge in [0.05, 0.1) is 0 Å². The first-order chi connectivity index (χ1) is 9.24. The highest BCUT2D eigenvalue weighted by atomic mass is 35.5. The number of anilines is 2. The Kier molecular flexibility index (Phi) is 3.70. The third-order valence-electron chi connectivity index (χ3n) is 3.61. The van der Waals surface area contributed by atoms with Crippen molar-refractivity contribution >= 4 is 23.5 Å². The molecule has 2 aliphatic rings. The SMILES string of the molecule is CCN1CCN(c2nc(Cl)nc(NC3CC3)n2)CC1. The number of aromatic nitrogens is 3. The molecule has 1 saturated heterocycles. The van der Waals surface area contributed by atoms with E-state index >= 15 is 0 Å². The highest BCUT2D eigenvalue weighted by Gasteiger charge is 2.24. The lowest BCUT2D eigenvalue weighted by atomic mass is 10.3. The molecule has 3 rings (SSSR count). The smallest absolute Gasteiger partial charge is 0.231 e. The van der Waals surface area contributed by atoms with Gasteiger partial charge >= 0.3 is 0 Å². The summed E-state index contributed by atoms with van der Waals surface area (Å²) < 4.78 is 0. The number of likely N-dealkylation sites (N-methyl/N-ethyl adjacent to an activating group) is 1. The minimum atomic E-state index is 0.270. The molecular weight excluding hydrogens is 264 g/mol. The number of halogens is 1. The van der Waals surface area contributed by atoms with Crippen molar-refractivity contribution < 1.29 is 0 Å². The van der Waals surface area contributed by atoms with Gasteiger partial charge in [-0.25, -0.2) is 0 Å². The van der Waals surface area contributed by atoms with Crippen LogP contribution in [0.2, 0.25) is 5.28 Å². The first-order valence-corrected chi connectivity index (χ1v) is 7.28. The summed E-state index contributed by atoms with van der Waals surface area (Å²) in [5.41, 5.74) is 0. The maximum Gasteiger partial charge on any atom is 0.231 e. The molecule has 7 heteroatoms. The van der Waals surface area contributed by atoms with E-state index in [1.165, 1.54) is 12.8 Å². The second-order valence-electron chi connectivity index (χ2n) is 5.07. The molecular formula is C12H19ClN6. The largest absolute Gasteiger partial charge is 0.351 e. The van der Waals surface area contributed by atoms with Gasteiger partial charge < -0.3 is 15.1 Å². The molecule has 1 aliphatic carbocycles. The fraction of sp³-hybridized carbons (Fsp3) is 0.750. The van der Waals surface area contributed by atoms with Crippen LogP contribution in [-0.2, 0) is 0 Å². The van der Waals surface area contributed by atoms with Crippen LogP contribution in [0.3, 0.4) is 0 Å². The lowest BCUT2D eigenvalue weighted by Gasteiger charge is -2.34. The summed E-state index contributed by atoms with van der Waals surface area (Å²) in [4.78, 5) is 17.5. The van der Waals surface area contributed by atoms with Crippen molar-refractivity contribution in [2.75, 3.05) is 42.9 Å². The van der Waals surface area contributed by atoms with Gasteiger partial charge in [0.25, 0.3) is 0 Å². The Morgan fingerprint density at radius 2 is 1.89 bits per heavy atom. The van der Waals surface area contributed by atoms with E-state index in [0.717, 1.165) is 32.7 Å². The van der Waals surface area contributed by atoms with E-state index in [4.69, 9.17) is 11.6 Å². The summed E-state index contributed by atoms with van der Waals surface area (Å²) in [6.07, 6.45) is 2.38. The molecule has 2 heterocycles. The van der Waals surface area contributed by atoms with Crippen molar-refractivity contribution in [3.8, 4) is 0 Å². The maximum atomic E-state index is 5.99. The molecule has 2 fully saturated rings. The summed E-state index contributed by atoms with van der Waals surface area (Å²) >= 11 is 5.99. The van der Waals surface area contributed by atoms with Crippen molar-refractivity contribution in [1.29, 1.82) is 0 Å². The molecule has 0 atom stereocenters. The summed E-state index contributed by atoms with van der Waals surface area (Å²) in [6.45, 7) is 7.26. The Labute approximate surface area is 118 Å². The average molecular weight is 283 g/mol. The van der Waals surface area contributed by atoms with Gasteiger partial charge in [-0.2, -0.15) is 15.0 Å². The lowest BCUT2D eigenvalue weighted by molar-refractivity contribution is 0.270. The maximum absolute atomic E-state index is 5.99. The molecule has 0 aromatic carbocycles. The molecule has 1 aromatic heterocycles. The van der Waals surface area contributed by atoms with Gasteiger partial charge in [0.2, 0.25) is 17.2 Å². The predicted octanol–water partition coefficient (Wildman–Crippen LogP) is 1.24. The molecule has 1 aromatic rings. The van der Waals surface area contributed by atoms with Gasteiger partial charge in [0.15, 0.2) is 0 Å². The topological polar surface area (TPSA) is 57.2 Å². The van der Waals surface area contributed by atoms with Crippen LogP contribution in [0.5, 0.6) is 0 Å². The Balaban J connectivity index is 1.70. The van der Waals surface area contributed by atoms with Crippen molar-refractivity contribution in [2.45, 2.75) is 25.8 Å². The Morgan fingerprint density at radius 3 is 2.53 bits per heavy atom. The number of nitrogens with one attached hydrogen (secondary N) is 1. The van der Waals surface area contributed by atoms with Crippen molar-refractivity contribution in [3.63, 3.8) is 0 Å². The standard InChI is InChI=1S/C12H19ClN6/c1-2-18-5-7-19(8-6-18)12-16-10(13)15-11(17-12)14-9-3-4-9/h9H,2-8H2,1H3,(H,14,15,16,17). The third-order valence-corrected chi connectivity index (χ3v) is 3.78. The van der Waals surface area contributed by atoms with Crippen LogP contribution in [0.25, 0.3) is 0 Å². The number of rotatable bonds is 4. The fourth-order valence-electron chi connectivity index (χ4n) is 2.22. The number of nitrogens with zero attached hydrogens (tertiary/aromatic N) is 5. The number of hydrogen-bond acceptors (Lipinski definition) is 6. The van der Waals surface area contributed by atoms with E-state index in [1.54, 1.807) is 0 Å². The van der Waals surface area contributed by atoms with Crippen LogP contribution in [0.1, 0.15) is 19.8 Å². The number of piperazine rings is 1. The van der Waals surface area contributed by atoms with E-state index < -0.39 is 0 Å². The predicted molar refractivity (Wildman–Crippen MR) is 75.8 cm³/mol. The van der Waals surface area contributed by atoms with Gasteiger partial charge in [-0.3, -0.25) is 0 Å². The van der Waals surface area contributed by atoms with Crippen molar-refractivity contribution in [1.82, 2.24) is 19.9 Å². The summed E-state index contributed by atoms with van der Waals surface area (Å²) in [6, 6.07) is 0.517. The zero-order valence-corrected chi connectivity index (χ0v) is 11.9. The minimum Gasteiger partial charge on any atom is -0.351 e. The van der Waals surface area contributed by atoms with Crippen LogP contribution < -0.4 is 10.2 Å². The molecule has 1 aliphatic heterocycles. The molecule has 6 nitrogen and oxygen atoms in total. The minimum absolute atomic E-state index is 0.270. The number of hydrogen-bond donors (Lipinski definition) is 1. The van der Waals surface area contributed by atoms with Gasteiger partial charge in [-0.15, -0.1) is 0 Å². The van der Waals surface area contributed by atoms with Gasteiger partial charge in [-0.1, -0.05) is 6.92 Å². The average Bonchev–Trinajstić information content (AvgIpc) is 3.22. The van der Waals surface area contributed by atoms with E-state index in [9.17, 15) is 0 Å². The zero-order chi connectivity index (χ0) is 13.2. The molecule has 0 bridgehead atoms. The Morgan fingerprint density at radius 1 is 1.16 bits per heavy atom. The summed E-state index contributed by atoms with van der Waals surface area (Å²) in [5.74, 6) is 1.30. The molecule has 19 heavy (non-hydrogen) atoms. The van der Waals surface area contributed by atoms with E-state index in [2.05, 4.69) is 37.0 Å². The summed E-state index contributed by atoms with van der Waals surface area (Å²) in [7, 11) is 0. The van der Waals surface area contributed by atoms with E-state index in [0.29, 0.717) is 17.9 Å². The third kappa shape index (κ3) is 3.25. The van der Waals surface area contributed by atoms with Crippen LogP contribution in [0.15, 0.2) is 0 Å². The molecule has 0 unspecified atom stereocenters. The second kappa shape index (κ2) is 5.46. The molecule has 0 spiro atoms.